The average molecular weight is 248 g/mol. The first kappa shape index (κ1) is 11.2. The minimum absolute atomic E-state index is 0.495. The van der Waals surface area contributed by atoms with E-state index in [4.69, 9.17) is 4.42 Å². The standard InChI is InChI=1S/C14H16O2S/c1-9-4-3-5-11-6-12(16-13(9)11)14(15)7-10(2)17-8-14/h3-6,10,15H,7-8H2,1-2H3. The van der Waals surface area contributed by atoms with Gasteiger partial charge in [-0.25, -0.2) is 0 Å². The fourth-order valence-corrected chi connectivity index (χ4v) is 3.70. The maximum absolute atomic E-state index is 10.6. The van der Waals surface area contributed by atoms with Crippen molar-refractivity contribution in [3.63, 3.8) is 0 Å². The van der Waals surface area contributed by atoms with Crippen molar-refractivity contribution in [1.29, 1.82) is 0 Å². The number of hydrogen-bond donors (Lipinski definition) is 1. The Morgan fingerprint density at radius 3 is 2.94 bits per heavy atom. The van der Waals surface area contributed by atoms with Crippen molar-refractivity contribution in [2.45, 2.75) is 31.1 Å². The number of aliphatic hydroxyl groups is 1. The maximum Gasteiger partial charge on any atom is 0.137 e. The molecule has 2 unspecified atom stereocenters. The second kappa shape index (κ2) is 3.79. The Hall–Kier alpha value is -0.930. The number of hydrogen-bond acceptors (Lipinski definition) is 3. The molecule has 2 heterocycles. The lowest BCUT2D eigenvalue weighted by atomic mass is 9.97. The smallest absolute Gasteiger partial charge is 0.137 e. The molecule has 1 N–H and O–H groups in total. The number of fused-ring (bicyclic) bond motifs is 1. The predicted molar refractivity (Wildman–Crippen MR) is 71.4 cm³/mol. The van der Waals surface area contributed by atoms with Crippen LogP contribution in [0.25, 0.3) is 11.0 Å². The van der Waals surface area contributed by atoms with Crippen molar-refractivity contribution in [3.05, 3.63) is 35.6 Å². The van der Waals surface area contributed by atoms with Gasteiger partial charge in [-0.1, -0.05) is 25.1 Å². The third-order valence-electron chi connectivity index (χ3n) is 3.43. The average Bonchev–Trinajstić information content (AvgIpc) is 2.85. The highest BCUT2D eigenvalue weighted by molar-refractivity contribution is 8.00. The molecule has 2 aromatic rings. The van der Waals surface area contributed by atoms with Crippen LogP contribution in [0.3, 0.4) is 0 Å². The van der Waals surface area contributed by atoms with Gasteiger partial charge < -0.3 is 9.52 Å². The second-order valence-corrected chi connectivity index (χ2v) is 6.39. The van der Waals surface area contributed by atoms with E-state index in [1.54, 1.807) is 11.8 Å². The van der Waals surface area contributed by atoms with Gasteiger partial charge in [-0.05, 0) is 25.0 Å². The van der Waals surface area contributed by atoms with Gasteiger partial charge in [0.05, 0.1) is 0 Å². The molecule has 3 rings (SSSR count). The maximum atomic E-state index is 10.6. The number of para-hydroxylation sites is 1. The summed E-state index contributed by atoms with van der Waals surface area (Å²) < 4.78 is 5.87. The fraction of sp³-hybridized carbons (Fsp3) is 0.429. The molecule has 1 aromatic carbocycles. The summed E-state index contributed by atoms with van der Waals surface area (Å²) in [6, 6.07) is 8.07. The molecule has 1 aliphatic heterocycles. The first-order valence-electron chi connectivity index (χ1n) is 5.92. The van der Waals surface area contributed by atoms with Crippen LogP contribution in [0.1, 0.15) is 24.7 Å². The summed E-state index contributed by atoms with van der Waals surface area (Å²) in [5, 5.41) is 12.2. The summed E-state index contributed by atoms with van der Waals surface area (Å²) in [4.78, 5) is 0. The van der Waals surface area contributed by atoms with E-state index >= 15 is 0 Å². The predicted octanol–water partition coefficient (Wildman–Crippen LogP) is 3.45. The molecule has 0 aliphatic carbocycles. The quantitative estimate of drug-likeness (QED) is 0.839. The number of thioether (sulfide) groups is 1. The van der Waals surface area contributed by atoms with Crippen LogP contribution in [-0.4, -0.2) is 16.1 Å². The Balaban J connectivity index is 2.10. The van der Waals surface area contributed by atoms with Crippen LogP contribution >= 0.6 is 11.8 Å². The van der Waals surface area contributed by atoms with Crippen LogP contribution in [0.15, 0.2) is 28.7 Å². The summed E-state index contributed by atoms with van der Waals surface area (Å²) in [6.07, 6.45) is 0.774. The Morgan fingerprint density at radius 1 is 1.47 bits per heavy atom. The zero-order valence-corrected chi connectivity index (χ0v) is 10.9. The van der Waals surface area contributed by atoms with Crippen LogP contribution in [0.2, 0.25) is 0 Å². The van der Waals surface area contributed by atoms with Crippen LogP contribution in [0.5, 0.6) is 0 Å². The summed E-state index contributed by atoms with van der Waals surface area (Å²) >= 11 is 1.80. The Bertz CT molecular complexity index is 560. The van der Waals surface area contributed by atoms with Crippen molar-refractivity contribution < 1.29 is 9.52 Å². The lowest BCUT2D eigenvalue weighted by Gasteiger charge is -2.18. The third-order valence-corrected chi connectivity index (χ3v) is 4.81. The summed E-state index contributed by atoms with van der Waals surface area (Å²) in [5.74, 6) is 1.45. The molecule has 2 atom stereocenters. The van der Waals surface area contributed by atoms with E-state index < -0.39 is 5.60 Å². The van der Waals surface area contributed by atoms with Gasteiger partial charge in [0, 0.05) is 16.4 Å². The van der Waals surface area contributed by atoms with Crippen LogP contribution in [-0.2, 0) is 5.60 Å². The topological polar surface area (TPSA) is 33.4 Å². The van der Waals surface area contributed by atoms with Gasteiger partial charge in [0.2, 0.25) is 0 Å². The van der Waals surface area contributed by atoms with Crippen molar-refractivity contribution in [2.75, 3.05) is 5.75 Å². The highest BCUT2D eigenvalue weighted by Gasteiger charge is 2.40. The van der Waals surface area contributed by atoms with Gasteiger partial charge in [-0.2, -0.15) is 11.8 Å². The van der Waals surface area contributed by atoms with Crippen molar-refractivity contribution in [3.8, 4) is 0 Å². The SMILES string of the molecule is Cc1cccc2cc(C3(O)CSC(C)C3)oc12. The molecule has 1 aliphatic rings. The molecule has 2 nitrogen and oxygen atoms in total. The van der Waals surface area contributed by atoms with Crippen LogP contribution in [0, 0.1) is 6.92 Å². The zero-order valence-electron chi connectivity index (χ0n) is 10.1. The van der Waals surface area contributed by atoms with E-state index in [0.29, 0.717) is 5.25 Å². The number of benzene rings is 1. The molecule has 0 spiro atoms. The van der Waals surface area contributed by atoms with Crippen LogP contribution < -0.4 is 0 Å². The van der Waals surface area contributed by atoms with Crippen molar-refractivity contribution in [2.24, 2.45) is 0 Å². The van der Waals surface area contributed by atoms with Gasteiger partial charge in [0.15, 0.2) is 0 Å². The van der Waals surface area contributed by atoms with E-state index in [9.17, 15) is 5.11 Å². The van der Waals surface area contributed by atoms with E-state index in [1.807, 2.05) is 31.2 Å². The molecule has 17 heavy (non-hydrogen) atoms. The number of furan rings is 1. The molecule has 0 amide bonds. The van der Waals surface area contributed by atoms with Gasteiger partial charge in [0.1, 0.15) is 16.9 Å². The van der Waals surface area contributed by atoms with E-state index in [2.05, 4.69) is 6.92 Å². The Labute approximate surface area is 105 Å². The lowest BCUT2D eigenvalue weighted by molar-refractivity contribution is 0.0396. The summed E-state index contributed by atoms with van der Waals surface area (Å²) in [7, 11) is 0. The van der Waals surface area contributed by atoms with Gasteiger partial charge in [-0.15, -0.1) is 0 Å². The largest absolute Gasteiger partial charge is 0.458 e. The Morgan fingerprint density at radius 2 is 2.29 bits per heavy atom. The van der Waals surface area contributed by atoms with Gasteiger partial charge in [0.25, 0.3) is 0 Å². The van der Waals surface area contributed by atoms with Crippen molar-refractivity contribution in [1.82, 2.24) is 0 Å². The summed E-state index contributed by atoms with van der Waals surface area (Å²) in [6.45, 7) is 4.18. The van der Waals surface area contributed by atoms with Gasteiger partial charge >= 0.3 is 0 Å². The molecule has 0 saturated carbocycles. The highest BCUT2D eigenvalue weighted by Crippen LogP contribution is 2.43. The van der Waals surface area contributed by atoms with E-state index in [1.165, 1.54) is 0 Å². The molecule has 1 fully saturated rings. The highest BCUT2D eigenvalue weighted by atomic mass is 32.2. The minimum atomic E-state index is -0.782. The number of rotatable bonds is 1. The molecule has 0 bridgehead atoms. The molecular weight excluding hydrogens is 232 g/mol. The van der Waals surface area contributed by atoms with Crippen molar-refractivity contribution >= 4 is 22.7 Å². The molecule has 1 aromatic heterocycles. The summed E-state index contributed by atoms with van der Waals surface area (Å²) in [5.41, 5.74) is 1.24. The second-order valence-electron chi connectivity index (χ2n) is 4.96. The molecule has 0 radical (unpaired) electrons. The molecule has 3 heteroatoms. The van der Waals surface area contributed by atoms with Crippen LogP contribution in [0.4, 0.5) is 0 Å². The molecule has 1 saturated heterocycles. The normalized spacial score (nSPS) is 29.0. The first-order valence-corrected chi connectivity index (χ1v) is 6.97. The Kier molecular flexibility index (Phi) is 2.49. The zero-order chi connectivity index (χ0) is 12.0. The molecular formula is C14H16O2S. The minimum Gasteiger partial charge on any atom is -0.458 e. The lowest BCUT2D eigenvalue weighted by Crippen LogP contribution is -2.24. The third kappa shape index (κ3) is 1.78. The molecule has 90 valence electrons. The monoisotopic (exact) mass is 248 g/mol. The fourth-order valence-electron chi connectivity index (χ4n) is 2.48. The first-order chi connectivity index (χ1) is 8.08. The van der Waals surface area contributed by atoms with Gasteiger partial charge in [-0.3, -0.25) is 0 Å². The number of aryl methyl sites for hydroxylation is 1. The van der Waals surface area contributed by atoms with E-state index in [-0.39, 0.29) is 0 Å². The van der Waals surface area contributed by atoms with E-state index in [0.717, 1.165) is 34.5 Å².